The Kier molecular flexibility index (Phi) is 7.14. The number of hydrogen-bond acceptors (Lipinski definition) is 3. The normalized spacial score (nSPS) is 16.8. The van der Waals surface area contributed by atoms with Crippen LogP contribution in [0.2, 0.25) is 0 Å². The number of hydrogen-bond donors (Lipinski definition) is 4. The van der Waals surface area contributed by atoms with Gasteiger partial charge in [0, 0.05) is 17.4 Å². The van der Waals surface area contributed by atoms with Gasteiger partial charge in [-0.3, -0.25) is 4.79 Å². The fourth-order valence-corrected chi connectivity index (χ4v) is 2.20. The van der Waals surface area contributed by atoms with Gasteiger partial charge in [0.15, 0.2) is 0 Å². The number of urea groups is 1. The van der Waals surface area contributed by atoms with Crippen molar-refractivity contribution in [2.75, 3.05) is 17.2 Å². The lowest BCUT2D eigenvalue weighted by Gasteiger charge is -2.12. The standard InChI is InChI=1S/C15H22N4O2.ClH/c1-10(2)17-15(21)19-12-7-5-11(6-8-12)18-14(20)13-4-3-9-16-13;/h5-8,10,13,16H,3-4,9H2,1-2H3,(H,18,20)(H2,17,19,21);1H. The highest BCUT2D eigenvalue weighted by Crippen LogP contribution is 2.15. The van der Waals surface area contributed by atoms with E-state index in [0.29, 0.717) is 5.69 Å². The number of anilines is 2. The van der Waals surface area contributed by atoms with Gasteiger partial charge in [-0.2, -0.15) is 0 Å². The summed E-state index contributed by atoms with van der Waals surface area (Å²) in [6.07, 6.45) is 1.91. The second-order valence-corrected chi connectivity index (χ2v) is 5.47. The van der Waals surface area contributed by atoms with Gasteiger partial charge in [-0.1, -0.05) is 0 Å². The Morgan fingerprint density at radius 3 is 2.23 bits per heavy atom. The smallest absolute Gasteiger partial charge is 0.319 e. The van der Waals surface area contributed by atoms with Crippen LogP contribution in [-0.4, -0.2) is 30.6 Å². The average Bonchev–Trinajstić information content (AvgIpc) is 2.94. The van der Waals surface area contributed by atoms with E-state index in [9.17, 15) is 9.59 Å². The first-order valence-corrected chi connectivity index (χ1v) is 7.26. The van der Waals surface area contributed by atoms with Gasteiger partial charge in [-0.25, -0.2) is 4.79 Å². The topological polar surface area (TPSA) is 82.3 Å². The van der Waals surface area contributed by atoms with Crippen LogP contribution in [0.25, 0.3) is 0 Å². The van der Waals surface area contributed by atoms with Crippen molar-refractivity contribution >= 4 is 35.7 Å². The molecule has 1 aromatic rings. The fraction of sp³-hybridized carbons (Fsp3) is 0.467. The molecule has 122 valence electrons. The fourth-order valence-electron chi connectivity index (χ4n) is 2.20. The molecule has 1 heterocycles. The molecule has 7 heteroatoms. The summed E-state index contributed by atoms with van der Waals surface area (Å²) in [6.45, 7) is 4.69. The molecule has 1 aliphatic rings. The third-order valence-electron chi connectivity index (χ3n) is 3.21. The second kappa shape index (κ2) is 8.60. The molecule has 6 nitrogen and oxygen atoms in total. The molecule has 1 fully saturated rings. The third-order valence-corrected chi connectivity index (χ3v) is 3.21. The number of benzene rings is 1. The van der Waals surface area contributed by atoms with E-state index in [1.807, 2.05) is 13.8 Å². The second-order valence-electron chi connectivity index (χ2n) is 5.47. The van der Waals surface area contributed by atoms with Gasteiger partial charge in [0.1, 0.15) is 0 Å². The van der Waals surface area contributed by atoms with Gasteiger partial charge in [0.25, 0.3) is 0 Å². The van der Waals surface area contributed by atoms with Gasteiger partial charge < -0.3 is 21.3 Å². The molecule has 0 spiro atoms. The van der Waals surface area contributed by atoms with Crippen molar-refractivity contribution in [3.05, 3.63) is 24.3 Å². The average molecular weight is 327 g/mol. The molecule has 1 atom stereocenters. The zero-order valence-corrected chi connectivity index (χ0v) is 13.6. The summed E-state index contributed by atoms with van der Waals surface area (Å²) in [5, 5.41) is 11.5. The van der Waals surface area contributed by atoms with Gasteiger partial charge in [-0.05, 0) is 57.5 Å². The quantitative estimate of drug-likeness (QED) is 0.685. The van der Waals surface area contributed by atoms with Crippen molar-refractivity contribution in [1.29, 1.82) is 0 Å². The van der Waals surface area contributed by atoms with Gasteiger partial charge in [-0.15, -0.1) is 12.4 Å². The Morgan fingerprint density at radius 1 is 1.14 bits per heavy atom. The SMILES string of the molecule is CC(C)NC(=O)Nc1ccc(NC(=O)C2CCCN2)cc1.Cl. The predicted octanol–water partition coefficient (Wildman–Crippen LogP) is 2.33. The van der Waals surface area contributed by atoms with E-state index in [1.165, 1.54) is 0 Å². The van der Waals surface area contributed by atoms with Crippen molar-refractivity contribution in [3.8, 4) is 0 Å². The molecule has 4 N–H and O–H groups in total. The van der Waals surface area contributed by atoms with Gasteiger partial charge in [0.05, 0.1) is 6.04 Å². The number of nitrogens with one attached hydrogen (secondary N) is 4. The zero-order chi connectivity index (χ0) is 15.2. The van der Waals surface area contributed by atoms with Crippen LogP contribution in [0.3, 0.4) is 0 Å². The molecule has 0 aliphatic carbocycles. The number of halogens is 1. The molecule has 1 aromatic carbocycles. The first-order chi connectivity index (χ1) is 10.0. The molecule has 1 unspecified atom stereocenters. The Balaban J connectivity index is 0.00000242. The lowest BCUT2D eigenvalue weighted by molar-refractivity contribution is -0.117. The van der Waals surface area contributed by atoms with Crippen LogP contribution >= 0.6 is 12.4 Å². The molecule has 0 bridgehead atoms. The monoisotopic (exact) mass is 326 g/mol. The van der Waals surface area contributed by atoms with Crippen molar-refractivity contribution in [2.24, 2.45) is 0 Å². The highest BCUT2D eigenvalue weighted by atomic mass is 35.5. The first-order valence-electron chi connectivity index (χ1n) is 7.26. The summed E-state index contributed by atoms with van der Waals surface area (Å²) in [5.74, 6) is -0.00856. The molecular weight excluding hydrogens is 304 g/mol. The maximum absolute atomic E-state index is 11.9. The van der Waals surface area contributed by atoms with Crippen molar-refractivity contribution in [1.82, 2.24) is 10.6 Å². The van der Waals surface area contributed by atoms with E-state index in [4.69, 9.17) is 0 Å². The summed E-state index contributed by atoms with van der Waals surface area (Å²) >= 11 is 0. The van der Waals surface area contributed by atoms with Crippen LogP contribution < -0.4 is 21.3 Å². The van der Waals surface area contributed by atoms with Crippen LogP contribution in [0.4, 0.5) is 16.2 Å². The molecule has 1 saturated heterocycles. The Labute approximate surface area is 136 Å². The lowest BCUT2D eigenvalue weighted by atomic mass is 10.2. The summed E-state index contributed by atoms with van der Waals surface area (Å²) in [6, 6.07) is 6.82. The summed E-state index contributed by atoms with van der Waals surface area (Å²) in [4.78, 5) is 23.5. The van der Waals surface area contributed by atoms with Crippen LogP contribution in [0.15, 0.2) is 24.3 Å². The predicted molar refractivity (Wildman–Crippen MR) is 90.6 cm³/mol. The highest BCUT2D eigenvalue weighted by molar-refractivity contribution is 5.95. The molecule has 22 heavy (non-hydrogen) atoms. The van der Waals surface area contributed by atoms with Crippen molar-refractivity contribution < 1.29 is 9.59 Å². The van der Waals surface area contributed by atoms with Gasteiger partial charge >= 0.3 is 6.03 Å². The van der Waals surface area contributed by atoms with E-state index in [-0.39, 0.29) is 36.4 Å². The van der Waals surface area contributed by atoms with E-state index < -0.39 is 0 Å². The maximum Gasteiger partial charge on any atom is 0.319 e. The Bertz CT molecular complexity index is 499. The van der Waals surface area contributed by atoms with E-state index in [1.54, 1.807) is 24.3 Å². The molecular formula is C15H23ClN4O2. The van der Waals surface area contributed by atoms with Crippen molar-refractivity contribution in [3.63, 3.8) is 0 Å². The first kappa shape index (κ1) is 18.3. The van der Waals surface area contributed by atoms with Crippen LogP contribution in [-0.2, 0) is 4.79 Å². The third kappa shape index (κ3) is 5.54. The maximum atomic E-state index is 11.9. The Hall–Kier alpha value is -1.79. The van der Waals surface area contributed by atoms with Crippen LogP contribution in [0.1, 0.15) is 26.7 Å². The molecule has 0 radical (unpaired) electrons. The largest absolute Gasteiger partial charge is 0.336 e. The van der Waals surface area contributed by atoms with Gasteiger partial charge in [0.2, 0.25) is 5.91 Å². The molecule has 0 aromatic heterocycles. The summed E-state index contributed by atoms with van der Waals surface area (Å²) < 4.78 is 0. The van der Waals surface area contributed by atoms with Crippen molar-refractivity contribution in [2.45, 2.75) is 38.8 Å². The number of carbonyl (C=O) groups excluding carboxylic acids is 2. The summed E-state index contributed by atoms with van der Waals surface area (Å²) in [7, 11) is 0. The minimum absolute atomic E-state index is 0. The number of rotatable bonds is 4. The minimum atomic E-state index is -0.239. The minimum Gasteiger partial charge on any atom is -0.336 e. The van der Waals surface area contributed by atoms with E-state index in [2.05, 4.69) is 21.3 Å². The van der Waals surface area contributed by atoms with E-state index >= 15 is 0 Å². The van der Waals surface area contributed by atoms with Crippen LogP contribution in [0.5, 0.6) is 0 Å². The number of carbonyl (C=O) groups is 2. The van der Waals surface area contributed by atoms with Crippen LogP contribution in [0, 0.1) is 0 Å². The molecule has 1 aliphatic heterocycles. The zero-order valence-electron chi connectivity index (χ0n) is 12.8. The molecule has 2 rings (SSSR count). The molecule has 0 saturated carbocycles. The lowest BCUT2D eigenvalue weighted by Crippen LogP contribution is -2.35. The summed E-state index contributed by atoms with van der Waals surface area (Å²) in [5.41, 5.74) is 1.41. The van der Waals surface area contributed by atoms with E-state index in [0.717, 1.165) is 25.1 Å². The highest BCUT2D eigenvalue weighted by Gasteiger charge is 2.21. The number of amides is 3. The Morgan fingerprint density at radius 2 is 1.73 bits per heavy atom. The molecule has 3 amide bonds.